The van der Waals surface area contributed by atoms with Crippen LogP contribution in [0.5, 0.6) is 5.88 Å². The number of hydrogen-bond acceptors (Lipinski definition) is 4. The smallest absolute Gasteiger partial charge is 0.219 e. The highest BCUT2D eigenvalue weighted by Crippen LogP contribution is 2.48. The molecule has 4 heteroatoms. The second kappa shape index (κ2) is 4.00. The summed E-state index contributed by atoms with van der Waals surface area (Å²) >= 11 is 4.27. The van der Waals surface area contributed by atoms with Gasteiger partial charge in [-0.15, -0.1) is 0 Å². The van der Waals surface area contributed by atoms with Crippen LogP contribution in [0.4, 0.5) is 0 Å². The molecule has 3 nitrogen and oxygen atoms in total. The van der Waals surface area contributed by atoms with Crippen molar-refractivity contribution in [1.29, 1.82) is 0 Å². The number of thiol groups is 1. The molecule has 1 aliphatic rings. The highest BCUT2D eigenvalue weighted by Gasteiger charge is 2.42. The summed E-state index contributed by atoms with van der Waals surface area (Å²) in [5.74, 6) is 1.51. The van der Waals surface area contributed by atoms with E-state index in [1.165, 1.54) is 12.8 Å². The Kier molecular flexibility index (Phi) is 2.87. The van der Waals surface area contributed by atoms with E-state index in [0.29, 0.717) is 5.88 Å². The second-order valence-corrected chi connectivity index (χ2v) is 4.69. The Bertz CT molecular complexity index is 364. The SMILES string of the molecule is COc1ncnc(C2(C)CC2)c1CCS. The van der Waals surface area contributed by atoms with Crippen molar-refractivity contribution in [2.45, 2.75) is 31.6 Å². The van der Waals surface area contributed by atoms with Gasteiger partial charge in [0.05, 0.1) is 12.8 Å². The number of hydrogen-bond donors (Lipinski definition) is 1. The summed E-state index contributed by atoms with van der Waals surface area (Å²) < 4.78 is 5.28. The monoisotopic (exact) mass is 224 g/mol. The lowest BCUT2D eigenvalue weighted by molar-refractivity contribution is 0.389. The Morgan fingerprint density at radius 2 is 2.20 bits per heavy atom. The maximum absolute atomic E-state index is 5.28. The number of rotatable bonds is 4. The molecule has 0 atom stereocenters. The lowest BCUT2D eigenvalue weighted by atomic mass is 9.98. The fourth-order valence-electron chi connectivity index (χ4n) is 1.85. The van der Waals surface area contributed by atoms with Crippen LogP contribution in [0.1, 0.15) is 31.0 Å². The fraction of sp³-hybridized carbons (Fsp3) is 0.636. The Morgan fingerprint density at radius 1 is 1.47 bits per heavy atom. The highest BCUT2D eigenvalue weighted by atomic mass is 32.1. The number of ether oxygens (including phenoxy) is 1. The van der Waals surface area contributed by atoms with E-state index in [0.717, 1.165) is 23.4 Å². The lowest BCUT2D eigenvalue weighted by Gasteiger charge is -2.15. The molecule has 1 heterocycles. The van der Waals surface area contributed by atoms with E-state index in [2.05, 4.69) is 29.5 Å². The van der Waals surface area contributed by atoms with Gasteiger partial charge in [-0.1, -0.05) is 6.92 Å². The molecule has 0 aromatic carbocycles. The topological polar surface area (TPSA) is 35.0 Å². The summed E-state index contributed by atoms with van der Waals surface area (Å²) in [7, 11) is 1.66. The van der Waals surface area contributed by atoms with Gasteiger partial charge in [-0.05, 0) is 25.0 Å². The van der Waals surface area contributed by atoms with Crippen LogP contribution in [0.25, 0.3) is 0 Å². The molecule has 1 fully saturated rings. The summed E-state index contributed by atoms with van der Waals surface area (Å²) in [4.78, 5) is 8.57. The first-order valence-corrected chi connectivity index (χ1v) is 5.84. The minimum atomic E-state index is 0.258. The van der Waals surface area contributed by atoms with Crippen molar-refractivity contribution < 1.29 is 4.74 Å². The van der Waals surface area contributed by atoms with Gasteiger partial charge in [-0.25, -0.2) is 9.97 Å². The molecule has 0 bridgehead atoms. The summed E-state index contributed by atoms with van der Waals surface area (Å²) in [5, 5.41) is 0. The van der Waals surface area contributed by atoms with Gasteiger partial charge in [0.15, 0.2) is 0 Å². The molecule has 0 amide bonds. The first-order valence-electron chi connectivity index (χ1n) is 5.20. The number of nitrogens with zero attached hydrogens (tertiary/aromatic N) is 2. The molecular weight excluding hydrogens is 208 g/mol. The molecule has 15 heavy (non-hydrogen) atoms. The third-order valence-electron chi connectivity index (χ3n) is 3.03. The van der Waals surface area contributed by atoms with E-state index in [1.807, 2.05) is 0 Å². The van der Waals surface area contributed by atoms with Gasteiger partial charge < -0.3 is 4.74 Å². The largest absolute Gasteiger partial charge is 0.481 e. The predicted molar refractivity (Wildman–Crippen MR) is 62.7 cm³/mol. The first-order chi connectivity index (χ1) is 7.21. The molecule has 1 aliphatic carbocycles. The van der Waals surface area contributed by atoms with E-state index in [9.17, 15) is 0 Å². The van der Waals surface area contributed by atoms with Gasteiger partial charge in [0.1, 0.15) is 6.33 Å². The van der Waals surface area contributed by atoms with Crippen molar-refractivity contribution in [2.24, 2.45) is 0 Å². The Morgan fingerprint density at radius 3 is 2.73 bits per heavy atom. The quantitative estimate of drug-likeness (QED) is 0.795. The molecule has 0 N–H and O–H groups in total. The standard InChI is InChI=1S/C11H16N2OS/c1-11(4-5-11)9-8(3-6-15)10(14-2)13-7-12-9/h7,15H,3-6H2,1-2H3. The van der Waals surface area contributed by atoms with Gasteiger partial charge in [0.2, 0.25) is 5.88 Å². The van der Waals surface area contributed by atoms with Gasteiger partial charge in [0.25, 0.3) is 0 Å². The molecule has 1 aromatic heterocycles. The molecule has 0 radical (unpaired) electrons. The molecule has 0 spiro atoms. The van der Waals surface area contributed by atoms with Crippen LogP contribution in [-0.4, -0.2) is 22.8 Å². The average molecular weight is 224 g/mol. The summed E-state index contributed by atoms with van der Waals surface area (Å²) in [6, 6.07) is 0. The van der Waals surface area contributed by atoms with Crippen LogP contribution in [0.3, 0.4) is 0 Å². The van der Waals surface area contributed by atoms with Crippen LogP contribution in [0.15, 0.2) is 6.33 Å². The average Bonchev–Trinajstić information content (AvgIpc) is 2.98. The Labute approximate surface area is 95.7 Å². The molecule has 1 saturated carbocycles. The predicted octanol–water partition coefficient (Wildman–Crippen LogP) is 2.01. The van der Waals surface area contributed by atoms with Crippen molar-refractivity contribution in [3.63, 3.8) is 0 Å². The molecule has 2 rings (SSSR count). The van der Waals surface area contributed by atoms with Crippen LogP contribution in [-0.2, 0) is 11.8 Å². The third-order valence-corrected chi connectivity index (χ3v) is 3.26. The van der Waals surface area contributed by atoms with E-state index in [1.54, 1.807) is 13.4 Å². The third kappa shape index (κ3) is 1.95. The van der Waals surface area contributed by atoms with Crippen molar-refractivity contribution in [2.75, 3.05) is 12.9 Å². The van der Waals surface area contributed by atoms with Crippen LogP contribution < -0.4 is 4.74 Å². The lowest BCUT2D eigenvalue weighted by Crippen LogP contribution is -2.11. The molecule has 1 aromatic rings. The van der Waals surface area contributed by atoms with Crippen molar-refractivity contribution in [3.05, 3.63) is 17.6 Å². The molecular formula is C11H16N2OS. The summed E-state index contributed by atoms with van der Waals surface area (Å²) in [6.07, 6.45) is 4.90. The zero-order valence-corrected chi connectivity index (χ0v) is 10.1. The van der Waals surface area contributed by atoms with Crippen LogP contribution in [0.2, 0.25) is 0 Å². The maximum atomic E-state index is 5.28. The van der Waals surface area contributed by atoms with E-state index in [-0.39, 0.29) is 5.41 Å². The van der Waals surface area contributed by atoms with E-state index in [4.69, 9.17) is 4.74 Å². The van der Waals surface area contributed by atoms with E-state index < -0.39 is 0 Å². The van der Waals surface area contributed by atoms with Gasteiger partial charge in [0, 0.05) is 11.0 Å². The molecule has 0 saturated heterocycles. The molecule has 0 unspecified atom stereocenters. The minimum absolute atomic E-state index is 0.258. The van der Waals surface area contributed by atoms with Crippen molar-refractivity contribution >= 4 is 12.6 Å². The van der Waals surface area contributed by atoms with E-state index >= 15 is 0 Å². The fourth-order valence-corrected chi connectivity index (χ4v) is 2.08. The highest BCUT2D eigenvalue weighted by molar-refractivity contribution is 7.80. The van der Waals surface area contributed by atoms with Crippen molar-refractivity contribution in [3.8, 4) is 5.88 Å². The maximum Gasteiger partial charge on any atom is 0.219 e. The minimum Gasteiger partial charge on any atom is -0.481 e. The van der Waals surface area contributed by atoms with Gasteiger partial charge in [-0.3, -0.25) is 0 Å². The first kappa shape index (κ1) is 10.7. The van der Waals surface area contributed by atoms with Crippen molar-refractivity contribution in [1.82, 2.24) is 9.97 Å². The van der Waals surface area contributed by atoms with Gasteiger partial charge in [-0.2, -0.15) is 12.6 Å². The molecule has 0 aliphatic heterocycles. The zero-order valence-electron chi connectivity index (χ0n) is 9.16. The second-order valence-electron chi connectivity index (χ2n) is 4.24. The number of methoxy groups -OCH3 is 1. The Balaban J connectivity index is 2.43. The molecule has 82 valence electrons. The van der Waals surface area contributed by atoms with Crippen LogP contribution in [0, 0.1) is 0 Å². The Hall–Kier alpha value is -0.770. The summed E-state index contributed by atoms with van der Waals surface area (Å²) in [5.41, 5.74) is 2.55. The summed E-state index contributed by atoms with van der Waals surface area (Å²) in [6.45, 7) is 2.25. The zero-order chi connectivity index (χ0) is 10.9. The van der Waals surface area contributed by atoms with Crippen LogP contribution >= 0.6 is 12.6 Å². The number of aromatic nitrogens is 2. The normalized spacial score (nSPS) is 17.5. The van der Waals surface area contributed by atoms with Gasteiger partial charge >= 0.3 is 0 Å².